The number of halogens is 2. The molecule has 9 heteroatoms. The van der Waals surface area contributed by atoms with Crippen LogP contribution in [0.25, 0.3) is 0 Å². The molecule has 0 heterocycles. The number of carbonyl (C=O) groups excluding carboxylic acids is 1. The van der Waals surface area contributed by atoms with E-state index in [2.05, 4.69) is 5.32 Å². The average molecular weight is 493 g/mol. The van der Waals surface area contributed by atoms with Crippen molar-refractivity contribution in [2.75, 3.05) is 19.0 Å². The van der Waals surface area contributed by atoms with E-state index in [-0.39, 0.29) is 11.4 Å². The van der Waals surface area contributed by atoms with Crippen LogP contribution in [0, 0.1) is 6.92 Å². The molecule has 0 unspecified atom stereocenters. The molecule has 0 spiro atoms. The van der Waals surface area contributed by atoms with Gasteiger partial charge in [-0.15, -0.1) is 0 Å². The van der Waals surface area contributed by atoms with Gasteiger partial charge < -0.3 is 10.1 Å². The number of amides is 1. The predicted molar refractivity (Wildman–Crippen MR) is 127 cm³/mol. The van der Waals surface area contributed by atoms with Crippen LogP contribution in [0.4, 0.5) is 5.69 Å². The highest BCUT2D eigenvalue weighted by atomic mass is 35.5. The largest absolute Gasteiger partial charge is 0.497 e. The first kappa shape index (κ1) is 24.1. The number of hydrogen-bond donors (Lipinski definition) is 1. The summed E-state index contributed by atoms with van der Waals surface area (Å²) in [5, 5.41) is 3.46. The summed E-state index contributed by atoms with van der Waals surface area (Å²) in [5.41, 5.74) is 1.98. The Morgan fingerprint density at radius 2 is 1.66 bits per heavy atom. The molecule has 3 rings (SSSR count). The first-order valence-corrected chi connectivity index (χ1v) is 11.8. The first-order chi connectivity index (χ1) is 15.2. The van der Waals surface area contributed by atoms with Gasteiger partial charge in [0.05, 0.1) is 18.6 Å². The average Bonchev–Trinajstić information content (AvgIpc) is 2.75. The normalized spacial score (nSPS) is 11.4. The van der Waals surface area contributed by atoms with Crippen LogP contribution in [0.5, 0.6) is 5.75 Å². The van der Waals surface area contributed by atoms with Gasteiger partial charge in [0.2, 0.25) is 15.9 Å². The van der Waals surface area contributed by atoms with Crippen LogP contribution in [0.1, 0.15) is 11.1 Å². The van der Waals surface area contributed by atoms with Crippen LogP contribution < -0.4 is 10.1 Å². The number of nitrogens with zero attached hydrogens (tertiary/aromatic N) is 1. The van der Waals surface area contributed by atoms with E-state index < -0.39 is 22.5 Å². The van der Waals surface area contributed by atoms with Crippen molar-refractivity contribution in [2.45, 2.75) is 18.4 Å². The fourth-order valence-electron chi connectivity index (χ4n) is 2.96. The highest BCUT2D eigenvalue weighted by molar-refractivity contribution is 7.89. The van der Waals surface area contributed by atoms with Crippen molar-refractivity contribution < 1.29 is 17.9 Å². The van der Waals surface area contributed by atoms with E-state index in [0.29, 0.717) is 27.0 Å². The fraction of sp³-hybridized carbons (Fsp3) is 0.174. The molecule has 3 aromatic rings. The van der Waals surface area contributed by atoms with Crippen LogP contribution in [0.2, 0.25) is 10.0 Å². The number of aryl methyl sites for hydroxylation is 1. The molecule has 3 aromatic carbocycles. The predicted octanol–water partition coefficient (Wildman–Crippen LogP) is 5.14. The van der Waals surface area contributed by atoms with Gasteiger partial charge in [-0.2, -0.15) is 4.31 Å². The quantitative estimate of drug-likeness (QED) is 0.472. The molecule has 1 N–H and O–H groups in total. The number of ether oxygens (including phenoxy) is 1. The Kier molecular flexibility index (Phi) is 7.79. The Labute approximate surface area is 197 Å². The van der Waals surface area contributed by atoms with Crippen molar-refractivity contribution in [1.82, 2.24) is 4.31 Å². The number of hydrogen-bond acceptors (Lipinski definition) is 4. The summed E-state index contributed by atoms with van der Waals surface area (Å²) in [6, 6.07) is 18.0. The zero-order valence-corrected chi connectivity index (χ0v) is 19.8. The molecule has 1 amide bonds. The van der Waals surface area contributed by atoms with Crippen LogP contribution in [0.15, 0.2) is 71.6 Å². The third kappa shape index (κ3) is 6.01. The number of methoxy groups -OCH3 is 1. The van der Waals surface area contributed by atoms with E-state index in [0.717, 1.165) is 9.87 Å². The molecule has 0 atom stereocenters. The third-order valence-electron chi connectivity index (χ3n) is 4.71. The van der Waals surface area contributed by atoms with Crippen LogP contribution in [-0.4, -0.2) is 32.3 Å². The Bertz CT molecular complexity index is 1200. The monoisotopic (exact) mass is 492 g/mol. The maximum atomic E-state index is 13.4. The maximum absolute atomic E-state index is 13.4. The molecule has 0 aliphatic carbocycles. The van der Waals surface area contributed by atoms with Gasteiger partial charge in [0.25, 0.3) is 0 Å². The summed E-state index contributed by atoms with van der Waals surface area (Å²) in [7, 11) is -2.44. The minimum atomic E-state index is -3.98. The van der Waals surface area contributed by atoms with Crippen LogP contribution >= 0.6 is 23.2 Å². The fourth-order valence-corrected chi connectivity index (χ4v) is 4.80. The lowest BCUT2D eigenvalue weighted by atomic mass is 10.2. The topological polar surface area (TPSA) is 75.7 Å². The summed E-state index contributed by atoms with van der Waals surface area (Å²) in [6.07, 6.45) is 0. The van der Waals surface area contributed by atoms with Crippen molar-refractivity contribution in [2.24, 2.45) is 0 Å². The van der Waals surface area contributed by atoms with E-state index in [1.165, 1.54) is 18.2 Å². The second kappa shape index (κ2) is 10.4. The number of nitrogens with one attached hydrogen (secondary N) is 1. The second-order valence-electron chi connectivity index (χ2n) is 7.10. The smallest absolute Gasteiger partial charge is 0.243 e. The van der Waals surface area contributed by atoms with Gasteiger partial charge in [-0.05, 0) is 61.0 Å². The van der Waals surface area contributed by atoms with Gasteiger partial charge >= 0.3 is 0 Å². The minimum Gasteiger partial charge on any atom is -0.497 e. The Morgan fingerprint density at radius 3 is 2.25 bits per heavy atom. The summed E-state index contributed by atoms with van der Waals surface area (Å²) in [4.78, 5) is 12.8. The Hall–Kier alpha value is -2.58. The molecule has 0 aliphatic heterocycles. The van der Waals surface area contributed by atoms with Crippen LogP contribution in [-0.2, 0) is 21.4 Å². The lowest BCUT2D eigenvalue weighted by Crippen LogP contribution is -2.37. The van der Waals surface area contributed by atoms with E-state index in [1.54, 1.807) is 55.6 Å². The second-order valence-corrected chi connectivity index (χ2v) is 9.88. The van der Waals surface area contributed by atoms with Crippen LogP contribution in [0.3, 0.4) is 0 Å². The molecular formula is C23H22Cl2N2O4S. The van der Waals surface area contributed by atoms with Crippen molar-refractivity contribution in [3.05, 3.63) is 87.9 Å². The minimum absolute atomic E-state index is 0.0884. The van der Waals surface area contributed by atoms with Crippen molar-refractivity contribution in [3.8, 4) is 5.75 Å². The van der Waals surface area contributed by atoms with Gasteiger partial charge in [-0.25, -0.2) is 8.42 Å². The number of benzene rings is 3. The van der Waals surface area contributed by atoms with E-state index in [1.807, 2.05) is 6.92 Å². The third-order valence-corrected chi connectivity index (χ3v) is 7.11. The molecule has 6 nitrogen and oxygen atoms in total. The SMILES string of the molecule is COc1ccc(NC(=O)CN(Cc2ccc(Cl)cc2Cl)S(=O)(=O)c2ccc(C)cc2)cc1. The van der Waals surface area contributed by atoms with E-state index in [9.17, 15) is 13.2 Å². The number of anilines is 1. The van der Waals surface area contributed by atoms with Gasteiger partial charge in [-0.3, -0.25) is 4.79 Å². The van der Waals surface area contributed by atoms with Crippen molar-refractivity contribution in [3.63, 3.8) is 0 Å². The van der Waals surface area contributed by atoms with Gasteiger partial charge in [0, 0.05) is 22.3 Å². The lowest BCUT2D eigenvalue weighted by molar-refractivity contribution is -0.116. The molecule has 0 saturated heterocycles. The molecule has 0 aromatic heterocycles. The molecule has 32 heavy (non-hydrogen) atoms. The number of sulfonamides is 1. The molecule has 0 aliphatic rings. The Morgan fingerprint density at radius 1 is 1.00 bits per heavy atom. The van der Waals surface area contributed by atoms with Gasteiger partial charge in [-0.1, -0.05) is 47.0 Å². The highest BCUT2D eigenvalue weighted by Crippen LogP contribution is 2.25. The van der Waals surface area contributed by atoms with Gasteiger partial charge in [0.15, 0.2) is 0 Å². The number of carbonyl (C=O) groups is 1. The Balaban J connectivity index is 1.88. The summed E-state index contributed by atoms with van der Waals surface area (Å²) >= 11 is 12.2. The highest BCUT2D eigenvalue weighted by Gasteiger charge is 2.27. The molecule has 0 saturated carbocycles. The maximum Gasteiger partial charge on any atom is 0.243 e. The zero-order valence-electron chi connectivity index (χ0n) is 17.5. The molecular weight excluding hydrogens is 471 g/mol. The van der Waals surface area contributed by atoms with E-state index >= 15 is 0 Å². The molecule has 168 valence electrons. The molecule has 0 radical (unpaired) electrons. The standard InChI is InChI=1S/C23H22Cl2N2O4S/c1-16-3-11-21(12-4-16)32(29,30)27(14-17-5-6-18(24)13-22(17)25)15-23(28)26-19-7-9-20(31-2)10-8-19/h3-13H,14-15H2,1-2H3,(H,26,28). The van der Waals surface area contributed by atoms with E-state index in [4.69, 9.17) is 27.9 Å². The summed E-state index contributed by atoms with van der Waals surface area (Å²) < 4.78 is 32.9. The van der Waals surface area contributed by atoms with Crippen molar-refractivity contribution in [1.29, 1.82) is 0 Å². The lowest BCUT2D eigenvalue weighted by Gasteiger charge is -2.22. The first-order valence-electron chi connectivity index (χ1n) is 9.63. The zero-order chi connectivity index (χ0) is 23.3. The summed E-state index contributed by atoms with van der Waals surface area (Å²) in [5.74, 6) is 0.153. The molecule has 0 fully saturated rings. The van der Waals surface area contributed by atoms with Crippen molar-refractivity contribution >= 4 is 44.8 Å². The number of rotatable bonds is 8. The summed E-state index contributed by atoms with van der Waals surface area (Å²) in [6.45, 7) is 1.37. The van der Waals surface area contributed by atoms with Gasteiger partial charge in [0.1, 0.15) is 5.75 Å². The molecule has 0 bridgehead atoms.